The standard InChI is InChI=1S/C8H15NS/c1-6-5-9(4)7(10)8(6,2)3/h6H,5H2,1-4H3. The maximum Gasteiger partial charge on any atom is 0.0837 e. The van der Waals surface area contributed by atoms with E-state index in [2.05, 4.69) is 32.7 Å². The molecule has 0 spiro atoms. The van der Waals surface area contributed by atoms with Gasteiger partial charge in [0.25, 0.3) is 0 Å². The molecule has 0 radical (unpaired) electrons. The van der Waals surface area contributed by atoms with E-state index >= 15 is 0 Å². The second-order valence-electron chi connectivity index (χ2n) is 3.81. The Labute approximate surface area is 68.4 Å². The lowest BCUT2D eigenvalue weighted by molar-refractivity contribution is 0.366. The van der Waals surface area contributed by atoms with E-state index in [9.17, 15) is 0 Å². The summed E-state index contributed by atoms with van der Waals surface area (Å²) in [6.07, 6.45) is 0. The summed E-state index contributed by atoms with van der Waals surface area (Å²) >= 11 is 5.28. The number of hydrogen-bond acceptors (Lipinski definition) is 1. The van der Waals surface area contributed by atoms with Crippen LogP contribution in [0, 0.1) is 11.3 Å². The molecule has 1 aliphatic heterocycles. The largest absolute Gasteiger partial charge is 0.368 e. The Kier molecular flexibility index (Phi) is 1.75. The van der Waals surface area contributed by atoms with Crippen molar-refractivity contribution in [2.24, 2.45) is 11.3 Å². The molecular formula is C8H15NS. The van der Waals surface area contributed by atoms with Gasteiger partial charge in [0.15, 0.2) is 0 Å². The Hall–Kier alpha value is -0.110. The number of nitrogens with zero attached hydrogens (tertiary/aromatic N) is 1. The highest BCUT2D eigenvalue weighted by atomic mass is 32.1. The van der Waals surface area contributed by atoms with Crippen LogP contribution in [-0.2, 0) is 0 Å². The fourth-order valence-electron chi connectivity index (χ4n) is 1.42. The Morgan fingerprint density at radius 1 is 1.60 bits per heavy atom. The van der Waals surface area contributed by atoms with Crippen molar-refractivity contribution in [1.29, 1.82) is 0 Å². The summed E-state index contributed by atoms with van der Waals surface area (Å²) in [7, 11) is 2.08. The van der Waals surface area contributed by atoms with Crippen molar-refractivity contribution in [3.63, 3.8) is 0 Å². The van der Waals surface area contributed by atoms with Gasteiger partial charge >= 0.3 is 0 Å². The second kappa shape index (κ2) is 2.19. The Morgan fingerprint density at radius 3 is 2.20 bits per heavy atom. The number of likely N-dealkylation sites (tertiary alicyclic amines) is 1. The molecule has 0 aromatic rings. The van der Waals surface area contributed by atoms with E-state index in [1.54, 1.807) is 0 Å². The highest BCUT2D eigenvalue weighted by molar-refractivity contribution is 7.80. The van der Waals surface area contributed by atoms with Crippen molar-refractivity contribution in [3.05, 3.63) is 0 Å². The average Bonchev–Trinajstić information content (AvgIpc) is 1.97. The van der Waals surface area contributed by atoms with Crippen molar-refractivity contribution in [2.75, 3.05) is 13.6 Å². The van der Waals surface area contributed by atoms with Crippen LogP contribution < -0.4 is 0 Å². The van der Waals surface area contributed by atoms with Gasteiger partial charge in [-0.2, -0.15) is 0 Å². The van der Waals surface area contributed by atoms with E-state index in [1.807, 2.05) is 0 Å². The molecule has 1 saturated heterocycles. The quantitative estimate of drug-likeness (QED) is 0.494. The third-order valence-electron chi connectivity index (χ3n) is 2.68. The first-order chi connectivity index (χ1) is 4.46. The fourth-order valence-corrected chi connectivity index (χ4v) is 1.70. The molecule has 0 aromatic carbocycles. The molecule has 1 aliphatic rings. The molecule has 0 amide bonds. The zero-order valence-corrected chi connectivity index (χ0v) is 7.96. The third kappa shape index (κ3) is 0.947. The average molecular weight is 157 g/mol. The van der Waals surface area contributed by atoms with Gasteiger partial charge in [-0.1, -0.05) is 33.0 Å². The molecule has 0 saturated carbocycles. The molecule has 1 nitrogen and oxygen atoms in total. The minimum absolute atomic E-state index is 0.240. The van der Waals surface area contributed by atoms with Gasteiger partial charge in [-0.25, -0.2) is 0 Å². The van der Waals surface area contributed by atoms with E-state index < -0.39 is 0 Å². The first-order valence-electron chi connectivity index (χ1n) is 3.72. The maximum atomic E-state index is 5.28. The van der Waals surface area contributed by atoms with Gasteiger partial charge in [-0.05, 0) is 5.92 Å². The molecule has 1 heterocycles. The van der Waals surface area contributed by atoms with Crippen LogP contribution in [0.2, 0.25) is 0 Å². The summed E-state index contributed by atoms with van der Waals surface area (Å²) in [4.78, 5) is 3.29. The number of thiocarbonyl (C=S) groups is 1. The van der Waals surface area contributed by atoms with Gasteiger partial charge in [0.1, 0.15) is 0 Å². The van der Waals surface area contributed by atoms with Gasteiger partial charge in [-0.3, -0.25) is 0 Å². The Balaban J connectivity index is 2.85. The summed E-state index contributed by atoms with van der Waals surface area (Å²) in [5.74, 6) is 0.699. The zero-order chi connectivity index (χ0) is 7.94. The van der Waals surface area contributed by atoms with Crippen molar-refractivity contribution < 1.29 is 0 Å². The lowest BCUT2D eigenvalue weighted by Gasteiger charge is -2.22. The minimum atomic E-state index is 0.240. The van der Waals surface area contributed by atoms with Gasteiger partial charge < -0.3 is 4.90 Å². The fraction of sp³-hybridized carbons (Fsp3) is 0.875. The van der Waals surface area contributed by atoms with Crippen LogP contribution in [0.3, 0.4) is 0 Å². The number of hydrogen-bond donors (Lipinski definition) is 0. The molecule has 0 aromatic heterocycles. The van der Waals surface area contributed by atoms with E-state index in [-0.39, 0.29) is 5.41 Å². The van der Waals surface area contributed by atoms with E-state index in [1.165, 1.54) is 0 Å². The molecule has 1 fully saturated rings. The molecule has 1 rings (SSSR count). The smallest absolute Gasteiger partial charge is 0.0837 e. The maximum absolute atomic E-state index is 5.28. The topological polar surface area (TPSA) is 3.24 Å². The van der Waals surface area contributed by atoms with Crippen molar-refractivity contribution in [1.82, 2.24) is 4.90 Å². The predicted molar refractivity (Wildman–Crippen MR) is 48.2 cm³/mol. The molecule has 0 N–H and O–H groups in total. The predicted octanol–water partition coefficient (Wildman–Crippen LogP) is 1.92. The summed E-state index contributed by atoms with van der Waals surface area (Å²) < 4.78 is 0. The third-order valence-corrected chi connectivity index (χ3v) is 3.52. The van der Waals surface area contributed by atoms with Crippen LogP contribution in [0.15, 0.2) is 0 Å². The highest BCUT2D eigenvalue weighted by Crippen LogP contribution is 2.35. The Bertz CT molecular complexity index is 163. The first-order valence-corrected chi connectivity index (χ1v) is 4.12. The second-order valence-corrected chi connectivity index (χ2v) is 4.20. The van der Waals surface area contributed by atoms with Gasteiger partial charge in [0, 0.05) is 19.0 Å². The number of rotatable bonds is 0. The summed E-state index contributed by atoms with van der Waals surface area (Å²) in [5.41, 5.74) is 0.240. The van der Waals surface area contributed by atoms with Gasteiger partial charge in [0.05, 0.1) is 4.99 Å². The molecule has 1 atom stereocenters. The zero-order valence-electron chi connectivity index (χ0n) is 7.14. The molecule has 58 valence electrons. The van der Waals surface area contributed by atoms with E-state index in [0.717, 1.165) is 11.5 Å². The molecule has 1 unspecified atom stereocenters. The van der Waals surface area contributed by atoms with Crippen LogP contribution in [0.25, 0.3) is 0 Å². The van der Waals surface area contributed by atoms with Crippen LogP contribution >= 0.6 is 12.2 Å². The highest BCUT2D eigenvalue weighted by Gasteiger charge is 2.39. The van der Waals surface area contributed by atoms with Crippen LogP contribution in [-0.4, -0.2) is 23.5 Å². The SMILES string of the molecule is CC1CN(C)C(=S)C1(C)C. The van der Waals surface area contributed by atoms with E-state index in [4.69, 9.17) is 12.2 Å². The lowest BCUT2D eigenvalue weighted by atomic mass is 9.83. The molecule has 2 heteroatoms. The normalized spacial score (nSPS) is 31.4. The minimum Gasteiger partial charge on any atom is -0.368 e. The lowest BCUT2D eigenvalue weighted by Crippen LogP contribution is -2.26. The molecule has 0 aliphatic carbocycles. The van der Waals surface area contributed by atoms with Gasteiger partial charge in [0.2, 0.25) is 0 Å². The van der Waals surface area contributed by atoms with Gasteiger partial charge in [-0.15, -0.1) is 0 Å². The summed E-state index contributed by atoms with van der Waals surface area (Å²) in [5, 5.41) is 0. The summed E-state index contributed by atoms with van der Waals surface area (Å²) in [6, 6.07) is 0. The molecular weight excluding hydrogens is 142 g/mol. The monoisotopic (exact) mass is 157 g/mol. The first kappa shape index (κ1) is 7.99. The molecule has 0 bridgehead atoms. The van der Waals surface area contributed by atoms with Crippen molar-refractivity contribution >= 4 is 17.2 Å². The molecule has 10 heavy (non-hydrogen) atoms. The van der Waals surface area contributed by atoms with E-state index in [0.29, 0.717) is 5.92 Å². The van der Waals surface area contributed by atoms with Crippen molar-refractivity contribution in [3.8, 4) is 0 Å². The van der Waals surface area contributed by atoms with Crippen LogP contribution in [0.4, 0.5) is 0 Å². The van der Waals surface area contributed by atoms with Crippen LogP contribution in [0.5, 0.6) is 0 Å². The van der Waals surface area contributed by atoms with Crippen molar-refractivity contribution in [2.45, 2.75) is 20.8 Å². The Morgan fingerprint density at radius 2 is 2.10 bits per heavy atom. The summed E-state index contributed by atoms with van der Waals surface area (Å²) in [6.45, 7) is 7.83. The van der Waals surface area contributed by atoms with Crippen LogP contribution in [0.1, 0.15) is 20.8 Å².